The molecule has 1 heterocycles. The molecular weight excluding hydrogens is 240 g/mol. The summed E-state index contributed by atoms with van der Waals surface area (Å²) in [6, 6.07) is 0.275. The van der Waals surface area contributed by atoms with Crippen LogP contribution < -0.4 is 5.73 Å². The van der Waals surface area contributed by atoms with Gasteiger partial charge in [0.25, 0.3) is 5.91 Å². The SMILES string of the molecule is Cc1nn(C)c(C)c1C(=O)N(C)C1CCCC1CN. The van der Waals surface area contributed by atoms with Gasteiger partial charge in [0.2, 0.25) is 0 Å². The van der Waals surface area contributed by atoms with E-state index in [1.165, 1.54) is 0 Å². The fourth-order valence-electron chi connectivity index (χ4n) is 3.21. The van der Waals surface area contributed by atoms with Gasteiger partial charge in [-0.1, -0.05) is 6.42 Å². The van der Waals surface area contributed by atoms with Crippen molar-refractivity contribution in [3.63, 3.8) is 0 Å². The Morgan fingerprint density at radius 1 is 1.47 bits per heavy atom. The quantitative estimate of drug-likeness (QED) is 0.893. The van der Waals surface area contributed by atoms with Crippen molar-refractivity contribution in [2.75, 3.05) is 13.6 Å². The Hall–Kier alpha value is -1.36. The molecule has 2 atom stereocenters. The average Bonchev–Trinajstić information content (AvgIpc) is 2.94. The van der Waals surface area contributed by atoms with Crippen LogP contribution in [0, 0.1) is 19.8 Å². The molecule has 2 N–H and O–H groups in total. The number of hydrogen-bond donors (Lipinski definition) is 1. The number of rotatable bonds is 3. The largest absolute Gasteiger partial charge is 0.338 e. The molecule has 0 radical (unpaired) electrons. The highest BCUT2D eigenvalue weighted by Crippen LogP contribution is 2.30. The number of aryl methyl sites for hydroxylation is 2. The Morgan fingerprint density at radius 2 is 2.16 bits per heavy atom. The minimum absolute atomic E-state index is 0.0773. The van der Waals surface area contributed by atoms with Crippen LogP contribution in [-0.2, 0) is 7.05 Å². The third-order valence-corrected chi connectivity index (χ3v) is 4.46. The molecule has 106 valence electrons. The molecule has 2 rings (SSSR count). The maximum absolute atomic E-state index is 12.7. The molecule has 5 nitrogen and oxygen atoms in total. The summed E-state index contributed by atoms with van der Waals surface area (Å²) in [5.74, 6) is 0.514. The molecule has 0 bridgehead atoms. The molecule has 0 aromatic carbocycles. The van der Waals surface area contributed by atoms with Crippen LogP contribution in [0.15, 0.2) is 0 Å². The zero-order valence-corrected chi connectivity index (χ0v) is 12.3. The van der Waals surface area contributed by atoms with Gasteiger partial charge in [-0.25, -0.2) is 0 Å². The molecule has 0 aliphatic heterocycles. The van der Waals surface area contributed by atoms with Gasteiger partial charge in [-0.2, -0.15) is 5.10 Å². The van der Waals surface area contributed by atoms with Gasteiger partial charge in [0.15, 0.2) is 0 Å². The first-order valence-corrected chi connectivity index (χ1v) is 6.94. The van der Waals surface area contributed by atoms with Crippen LogP contribution in [0.25, 0.3) is 0 Å². The predicted molar refractivity (Wildman–Crippen MR) is 75.0 cm³/mol. The summed E-state index contributed by atoms with van der Waals surface area (Å²) in [7, 11) is 3.77. The second kappa shape index (κ2) is 5.33. The molecule has 19 heavy (non-hydrogen) atoms. The Labute approximate surface area is 114 Å². The van der Waals surface area contributed by atoms with Gasteiger partial charge in [0.1, 0.15) is 0 Å². The van der Waals surface area contributed by atoms with E-state index in [0.717, 1.165) is 36.2 Å². The first kappa shape index (κ1) is 14.1. The van der Waals surface area contributed by atoms with Gasteiger partial charge in [-0.3, -0.25) is 9.48 Å². The maximum Gasteiger partial charge on any atom is 0.257 e. The number of hydrogen-bond acceptors (Lipinski definition) is 3. The van der Waals surface area contributed by atoms with Crippen molar-refractivity contribution in [2.24, 2.45) is 18.7 Å². The lowest BCUT2D eigenvalue weighted by Gasteiger charge is -2.29. The molecule has 1 aromatic rings. The summed E-state index contributed by atoms with van der Waals surface area (Å²) in [6.07, 6.45) is 3.35. The van der Waals surface area contributed by atoms with Crippen LogP contribution in [0.5, 0.6) is 0 Å². The van der Waals surface area contributed by atoms with Crippen molar-refractivity contribution in [3.05, 3.63) is 17.0 Å². The van der Waals surface area contributed by atoms with Gasteiger partial charge in [-0.15, -0.1) is 0 Å². The zero-order valence-electron chi connectivity index (χ0n) is 12.3. The van der Waals surface area contributed by atoms with E-state index in [0.29, 0.717) is 12.5 Å². The summed E-state index contributed by atoms with van der Waals surface area (Å²) < 4.78 is 1.77. The highest BCUT2D eigenvalue weighted by Gasteiger charge is 2.33. The van der Waals surface area contributed by atoms with Crippen LogP contribution in [0.4, 0.5) is 0 Å². The van der Waals surface area contributed by atoms with Crippen molar-refractivity contribution >= 4 is 5.91 Å². The Balaban J connectivity index is 2.24. The van der Waals surface area contributed by atoms with Crippen molar-refractivity contribution in [1.29, 1.82) is 0 Å². The fraction of sp³-hybridized carbons (Fsp3) is 0.714. The van der Waals surface area contributed by atoms with E-state index in [4.69, 9.17) is 5.73 Å². The number of aromatic nitrogens is 2. The van der Waals surface area contributed by atoms with Crippen LogP contribution in [0.1, 0.15) is 41.0 Å². The van der Waals surface area contributed by atoms with E-state index in [1.54, 1.807) is 4.68 Å². The van der Waals surface area contributed by atoms with Crippen LogP contribution in [0.3, 0.4) is 0 Å². The average molecular weight is 264 g/mol. The third-order valence-electron chi connectivity index (χ3n) is 4.46. The molecule has 0 spiro atoms. The number of carbonyl (C=O) groups is 1. The second-order valence-electron chi connectivity index (χ2n) is 5.58. The Kier molecular flexibility index (Phi) is 3.94. The van der Waals surface area contributed by atoms with Gasteiger partial charge >= 0.3 is 0 Å². The Morgan fingerprint density at radius 3 is 2.68 bits per heavy atom. The topological polar surface area (TPSA) is 64.2 Å². The van der Waals surface area contributed by atoms with E-state index in [9.17, 15) is 4.79 Å². The second-order valence-corrected chi connectivity index (χ2v) is 5.58. The van der Waals surface area contributed by atoms with Crippen LogP contribution in [-0.4, -0.2) is 40.2 Å². The lowest BCUT2D eigenvalue weighted by atomic mass is 10.0. The summed E-state index contributed by atoms with van der Waals surface area (Å²) in [5, 5.41) is 4.32. The lowest BCUT2D eigenvalue weighted by molar-refractivity contribution is 0.0698. The highest BCUT2D eigenvalue weighted by molar-refractivity contribution is 5.96. The zero-order chi connectivity index (χ0) is 14.2. The van der Waals surface area contributed by atoms with Crippen molar-refractivity contribution in [1.82, 2.24) is 14.7 Å². The van der Waals surface area contributed by atoms with Gasteiger partial charge in [0.05, 0.1) is 11.3 Å². The molecule has 1 fully saturated rings. The van der Waals surface area contributed by atoms with Gasteiger partial charge < -0.3 is 10.6 Å². The fourth-order valence-corrected chi connectivity index (χ4v) is 3.21. The Bertz CT molecular complexity index is 480. The van der Waals surface area contributed by atoms with E-state index in [2.05, 4.69) is 5.10 Å². The van der Waals surface area contributed by atoms with Crippen molar-refractivity contribution in [2.45, 2.75) is 39.2 Å². The maximum atomic E-state index is 12.7. The monoisotopic (exact) mass is 264 g/mol. The summed E-state index contributed by atoms with van der Waals surface area (Å²) in [4.78, 5) is 14.6. The van der Waals surface area contributed by atoms with E-state index in [-0.39, 0.29) is 11.9 Å². The van der Waals surface area contributed by atoms with Crippen molar-refractivity contribution in [3.8, 4) is 0 Å². The summed E-state index contributed by atoms with van der Waals surface area (Å²) in [6.45, 7) is 4.49. The number of amides is 1. The molecule has 1 aromatic heterocycles. The number of nitrogens with zero attached hydrogens (tertiary/aromatic N) is 3. The lowest BCUT2D eigenvalue weighted by Crippen LogP contribution is -2.41. The first-order valence-electron chi connectivity index (χ1n) is 6.94. The van der Waals surface area contributed by atoms with Gasteiger partial charge in [-0.05, 0) is 39.2 Å². The molecule has 2 unspecified atom stereocenters. The standard InChI is InChI=1S/C14H24N4O/c1-9-13(10(2)18(4)16-9)14(19)17(3)12-7-5-6-11(12)8-15/h11-12H,5-8,15H2,1-4H3. The summed E-state index contributed by atoms with van der Waals surface area (Å²) in [5.41, 5.74) is 8.29. The van der Waals surface area contributed by atoms with E-state index in [1.807, 2.05) is 32.8 Å². The van der Waals surface area contributed by atoms with Crippen LogP contribution in [0.2, 0.25) is 0 Å². The molecule has 5 heteroatoms. The molecule has 1 amide bonds. The molecule has 1 aliphatic rings. The molecule has 1 saturated carbocycles. The first-order chi connectivity index (χ1) is 8.97. The summed E-state index contributed by atoms with van der Waals surface area (Å²) >= 11 is 0. The van der Waals surface area contributed by atoms with E-state index < -0.39 is 0 Å². The minimum atomic E-state index is 0.0773. The number of nitrogens with two attached hydrogens (primary N) is 1. The third kappa shape index (κ3) is 2.39. The normalized spacial score (nSPS) is 22.8. The van der Waals surface area contributed by atoms with E-state index >= 15 is 0 Å². The number of carbonyl (C=O) groups excluding carboxylic acids is 1. The smallest absolute Gasteiger partial charge is 0.257 e. The van der Waals surface area contributed by atoms with Crippen LogP contribution >= 0.6 is 0 Å². The predicted octanol–water partition coefficient (Wildman–Crippen LogP) is 1.24. The molecule has 1 aliphatic carbocycles. The van der Waals surface area contributed by atoms with Gasteiger partial charge in [0, 0.05) is 25.8 Å². The van der Waals surface area contributed by atoms with Crippen molar-refractivity contribution < 1.29 is 4.79 Å². The molecular formula is C14H24N4O. The molecule has 0 saturated heterocycles. The highest BCUT2D eigenvalue weighted by atomic mass is 16.2. The minimum Gasteiger partial charge on any atom is -0.338 e.